The molecule has 0 radical (unpaired) electrons. The van der Waals surface area contributed by atoms with E-state index in [1.807, 2.05) is 0 Å². The van der Waals surface area contributed by atoms with E-state index in [0.717, 1.165) is 0 Å². The Bertz CT molecular complexity index is 911. The van der Waals surface area contributed by atoms with Crippen LogP contribution in [0.2, 0.25) is 0 Å². The molecule has 0 spiro atoms. The van der Waals surface area contributed by atoms with Crippen molar-refractivity contribution >= 4 is 21.8 Å². The Hall–Kier alpha value is -2.91. The molecule has 2 rings (SSSR count). The van der Waals surface area contributed by atoms with E-state index < -0.39 is 29.1 Å². The maximum Gasteiger partial charge on any atom is 0.321 e. The largest absolute Gasteiger partial charge is 0.493 e. The number of esters is 1. The van der Waals surface area contributed by atoms with Gasteiger partial charge in [-0.1, -0.05) is 30.3 Å². The lowest BCUT2D eigenvalue weighted by Gasteiger charge is -2.11. The fourth-order valence-corrected chi connectivity index (χ4v) is 3.11. The molecule has 0 bridgehead atoms. The number of sulfonamides is 1. The van der Waals surface area contributed by atoms with Crippen molar-refractivity contribution in [1.82, 2.24) is 4.72 Å². The topological polar surface area (TPSA) is 108 Å². The van der Waals surface area contributed by atoms with Crippen molar-refractivity contribution in [2.24, 2.45) is 0 Å². The molecule has 0 aromatic heterocycles. The van der Waals surface area contributed by atoms with Crippen molar-refractivity contribution in [3.63, 3.8) is 0 Å². The molecule has 0 aliphatic rings. The van der Waals surface area contributed by atoms with Gasteiger partial charge in [-0.05, 0) is 12.1 Å². The number of nitrogens with one attached hydrogen (secondary N) is 1. The van der Waals surface area contributed by atoms with Gasteiger partial charge < -0.3 is 14.2 Å². The highest BCUT2D eigenvalue weighted by atomic mass is 32.2. The third kappa shape index (κ3) is 5.53. The number of carbonyl (C=O) groups is 2. The van der Waals surface area contributed by atoms with E-state index >= 15 is 0 Å². The van der Waals surface area contributed by atoms with Crippen LogP contribution >= 0.6 is 0 Å². The number of methoxy groups -OCH3 is 2. The number of benzene rings is 2. The zero-order valence-electron chi connectivity index (χ0n) is 14.8. The van der Waals surface area contributed by atoms with Gasteiger partial charge in [0.1, 0.15) is 6.54 Å². The maximum absolute atomic E-state index is 12.3. The first-order valence-electron chi connectivity index (χ1n) is 7.83. The first kappa shape index (κ1) is 20.4. The van der Waals surface area contributed by atoms with E-state index in [9.17, 15) is 18.0 Å². The van der Waals surface area contributed by atoms with E-state index in [-0.39, 0.29) is 16.4 Å². The van der Waals surface area contributed by atoms with Crippen LogP contribution in [0.25, 0.3) is 0 Å². The molecular formula is C18H19NO7S. The van der Waals surface area contributed by atoms with E-state index in [4.69, 9.17) is 14.2 Å². The van der Waals surface area contributed by atoms with Gasteiger partial charge in [0.2, 0.25) is 10.0 Å². The Kier molecular flexibility index (Phi) is 6.91. The molecule has 0 atom stereocenters. The minimum Gasteiger partial charge on any atom is -0.493 e. The van der Waals surface area contributed by atoms with E-state index in [0.29, 0.717) is 11.3 Å². The summed E-state index contributed by atoms with van der Waals surface area (Å²) in [5, 5.41) is 0. The summed E-state index contributed by atoms with van der Waals surface area (Å²) in [4.78, 5) is 23.5. The third-order valence-corrected chi connectivity index (χ3v) is 4.93. The van der Waals surface area contributed by atoms with Gasteiger partial charge >= 0.3 is 5.97 Å². The van der Waals surface area contributed by atoms with Crippen LogP contribution in [-0.4, -0.2) is 47.5 Å². The number of rotatable bonds is 9. The predicted octanol–water partition coefficient (Wildman–Crippen LogP) is 1.41. The molecule has 0 aliphatic carbocycles. The van der Waals surface area contributed by atoms with Crippen LogP contribution in [-0.2, 0) is 19.6 Å². The summed E-state index contributed by atoms with van der Waals surface area (Å²) >= 11 is 0. The smallest absolute Gasteiger partial charge is 0.321 e. The number of Topliss-reactive ketones (excluding diaryl/α,β-unsaturated/α-hetero) is 1. The molecule has 8 nitrogen and oxygen atoms in total. The van der Waals surface area contributed by atoms with Gasteiger partial charge in [0, 0.05) is 11.6 Å². The van der Waals surface area contributed by atoms with Crippen LogP contribution in [0.3, 0.4) is 0 Å². The second kappa shape index (κ2) is 9.15. The van der Waals surface area contributed by atoms with Crippen molar-refractivity contribution in [3.8, 4) is 11.5 Å². The normalized spacial score (nSPS) is 10.9. The van der Waals surface area contributed by atoms with Crippen LogP contribution < -0.4 is 14.2 Å². The van der Waals surface area contributed by atoms with Crippen molar-refractivity contribution in [3.05, 3.63) is 54.1 Å². The minimum absolute atomic E-state index is 0.103. The van der Waals surface area contributed by atoms with Crippen LogP contribution in [0.4, 0.5) is 0 Å². The molecule has 27 heavy (non-hydrogen) atoms. The molecule has 9 heteroatoms. The molecule has 0 heterocycles. The molecule has 0 fully saturated rings. The molecule has 2 aromatic carbocycles. The summed E-state index contributed by atoms with van der Waals surface area (Å²) in [6, 6.07) is 12.3. The summed E-state index contributed by atoms with van der Waals surface area (Å²) in [5.74, 6) is -0.651. The zero-order chi connectivity index (χ0) is 19.9. The van der Waals surface area contributed by atoms with Crippen LogP contribution in [0, 0.1) is 0 Å². The third-order valence-electron chi connectivity index (χ3n) is 3.53. The van der Waals surface area contributed by atoms with Gasteiger partial charge in [-0.15, -0.1) is 0 Å². The zero-order valence-corrected chi connectivity index (χ0v) is 15.6. The van der Waals surface area contributed by atoms with Crippen molar-refractivity contribution < 1.29 is 32.2 Å². The SMILES string of the molecule is COc1ccc(S(=O)(=O)NCC(=O)OCC(=O)c2ccccc2)cc1OC. The molecule has 2 aromatic rings. The standard InChI is InChI=1S/C18H19NO7S/c1-24-16-9-8-14(10-17(16)25-2)27(22,23)19-11-18(21)26-12-15(20)13-6-4-3-5-7-13/h3-10,19H,11-12H2,1-2H3. The molecule has 144 valence electrons. The number of ketones is 1. The average Bonchev–Trinajstić information content (AvgIpc) is 2.70. The summed E-state index contributed by atoms with van der Waals surface area (Å²) in [7, 11) is -1.17. The summed E-state index contributed by atoms with van der Waals surface area (Å²) in [5.41, 5.74) is 0.399. The quantitative estimate of drug-likeness (QED) is 0.507. The molecule has 0 saturated heterocycles. The van der Waals surface area contributed by atoms with Crippen molar-refractivity contribution in [2.75, 3.05) is 27.4 Å². The van der Waals surface area contributed by atoms with Gasteiger partial charge in [0.15, 0.2) is 23.9 Å². The minimum atomic E-state index is -3.97. The molecule has 0 aliphatic heterocycles. The second-order valence-corrected chi connectivity index (χ2v) is 7.06. The molecule has 0 unspecified atom stereocenters. The fourth-order valence-electron chi connectivity index (χ4n) is 2.13. The van der Waals surface area contributed by atoms with Gasteiger partial charge in [0.25, 0.3) is 0 Å². The summed E-state index contributed by atoms with van der Waals surface area (Å²) < 4.78 is 41.6. The van der Waals surface area contributed by atoms with Gasteiger partial charge in [-0.2, -0.15) is 4.72 Å². The van der Waals surface area contributed by atoms with E-state index in [1.54, 1.807) is 30.3 Å². The Labute approximate surface area is 157 Å². The van der Waals surface area contributed by atoms with Crippen molar-refractivity contribution in [1.29, 1.82) is 0 Å². The predicted molar refractivity (Wildman–Crippen MR) is 96.5 cm³/mol. The van der Waals surface area contributed by atoms with Gasteiger partial charge in [-0.25, -0.2) is 8.42 Å². The monoisotopic (exact) mass is 393 g/mol. The van der Waals surface area contributed by atoms with E-state index in [1.165, 1.54) is 32.4 Å². The van der Waals surface area contributed by atoms with E-state index in [2.05, 4.69) is 4.72 Å². The van der Waals surface area contributed by atoms with Crippen LogP contribution in [0.15, 0.2) is 53.4 Å². The van der Waals surface area contributed by atoms with Crippen LogP contribution in [0.5, 0.6) is 11.5 Å². The highest BCUT2D eigenvalue weighted by molar-refractivity contribution is 7.89. The number of carbonyl (C=O) groups excluding carboxylic acids is 2. The lowest BCUT2D eigenvalue weighted by molar-refractivity contribution is -0.141. The first-order chi connectivity index (χ1) is 12.9. The highest BCUT2D eigenvalue weighted by Crippen LogP contribution is 2.29. The average molecular weight is 393 g/mol. The molecule has 0 amide bonds. The van der Waals surface area contributed by atoms with Crippen molar-refractivity contribution in [2.45, 2.75) is 4.90 Å². The summed E-state index contributed by atoms with van der Waals surface area (Å²) in [6.45, 7) is -1.08. The van der Waals surface area contributed by atoms with Gasteiger partial charge in [0.05, 0.1) is 19.1 Å². The number of hydrogen-bond donors (Lipinski definition) is 1. The maximum atomic E-state index is 12.3. The molecular weight excluding hydrogens is 374 g/mol. The lowest BCUT2D eigenvalue weighted by atomic mass is 10.1. The van der Waals surface area contributed by atoms with Crippen LogP contribution in [0.1, 0.15) is 10.4 Å². The molecule has 1 N–H and O–H groups in total. The Balaban J connectivity index is 1.93. The number of hydrogen-bond acceptors (Lipinski definition) is 7. The number of ether oxygens (including phenoxy) is 3. The lowest BCUT2D eigenvalue weighted by Crippen LogP contribution is -2.31. The fraction of sp³-hybridized carbons (Fsp3) is 0.222. The Morgan fingerprint density at radius 2 is 1.63 bits per heavy atom. The summed E-state index contributed by atoms with van der Waals surface area (Å²) in [6.07, 6.45) is 0. The Morgan fingerprint density at radius 3 is 2.26 bits per heavy atom. The second-order valence-electron chi connectivity index (χ2n) is 5.29. The highest BCUT2D eigenvalue weighted by Gasteiger charge is 2.19. The first-order valence-corrected chi connectivity index (χ1v) is 9.31. The Morgan fingerprint density at radius 1 is 0.963 bits per heavy atom. The van der Waals surface area contributed by atoms with Gasteiger partial charge in [-0.3, -0.25) is 9.59 Å². The molecule has 0 saturated carbocycles.